The summed E-state index contributed by atoms with van der Waals surface area (Å²) in [6, 6.07) is 8.94. The zero-order chi connectivity index (χ0) is 16.9. The van der Waals surface area contributed by atoms with Crippen molar-refractivity contribution in [2.75, 3.05) is 18.8 Å². The van der Waals surface area contributed by atoms with Crippen LogP contribution in [-0.2, 0) is 9.53 Å². The number of anilines is 1. The second-order valence-electron chi connectivity index (χ2n) is 5.52. The van der Waals surface area contributed by atoms with Gasteiger partial charge in [0.25, 0.3) is 5.91 Å². The van der Waals surface area contributed by atoms with Crippen LogP contribution in [0.1, 0.15) is 35.0 Å². The molecule has 124 valence electrons. The Morgan fingerprint density at radius 3 is 2.42 bits per heavy atom. The van der Waals surface area contributed by atoms with E-state index in [2.05, 4.69) is 9.97 Å². The number of hydrogen-bond acceptors (Lipinski definition) is 6. The number of rotatable bonds is 4. The van der Waals surface area contributed by atoms with E-state index in [-0.39, 0.29) is 17.4 Å². The molecule has 1 fully saturated rings. The molecule has 2 aromatic rings. The molecule has 3 rings (SSSR count). The quantitative estimate of drug-likeness (QED) is 0.857. The summed E-state index contributed by atoms with van der Waals surface area (Å²) in [6.45, 7) is 1.35. The van der Waals surface area contributed by atoms with Crippen LogP contribution in [-0.4, -0.2) is 39.8 Å². The van der Waals surface area contributed by atoms with Crippen LogP contribution >= 0.6 is 0 Å². The lowest BCUT2D eigenvalue weighted by Gasteiger charge is -2.23. The highest BCUT2D eigenvalue weighted by Gasteiger charge is 2.32. The molecule has 0 spiro atoms. The highest BCUT2D eigenvalue weighted by Crippen LogP contribution is 2.24. The zero-order valence-electron chi connectivity index (χ0n) is 13.1. The van der Waals surface area contributed by atoms with Gasteiger partial charge in [-0.05, 0) is 12.8 Å². The lowest BCUT2D eigenvalue weighted by molar-refractivity contribution is -0.140. The molecule has 1 aromatic carbocycles. The van der Waals surface area contributed by atoms with Crippen LogP contribution in [0.5, 0.6) is 0 Å². The predicted octanol–water partition coefficient (Wildman–Crippen LogP) is 1.58. The van der Waals surface area contributed by atoms with Crippen molar-refractivity contribution in [2.24, 2.45) is 0 Å². The van der Waals surface area contributed by atoms with E-state index in [4.69, 9.17) is 10.5 Å². The van der Waals surface area contributed by atoms with Gasteiger partial charge in [-0.15, -0.1) is 0 Å². The maximum absolute atomic E-state index is 12.8. The minimum Gasteiger partial charge on any atom is -0.442 e. The number of nitrogens with zero attached hydrogens (tertiary/aromatic N) is 3. The molecule has 0 saturated carbocycles. The Morgan fingerprint density at radius 1 is 1.08 bits per heavy atom. The zero-order valence-corrected chi connectivity index (χ0v) is 13.1. The number of benzene rings is 1. The van der Waals surface area contributed by atoms with E-state index in [9.17, 15) is 9.59 Å². The van der Waals surface area contributed by atoms with Crippen LogP contribution < -0.4 is 5.73 Å². The smallest absolute Gasteiger partial charge is 0.361 e. The summed E-state index contributed by atoms with van der Waals surface area (Å²) in [5.74, 6) is -1.01. The fraction of sp³-hybridized carbons (Fsp3) is 0.294. The molecule has 2 N–H and O–H groups in total. The van der Waals surface area contributed by atoms with Crippen molar-refractivity contribution >= 4 is 17.7 Å². The van der Waals surface area contributed by atoms with Gasteiger partial charge >= 0.3 is 5.97 Å². The molecule has 24 heavy (non-hydrogen) atoms. The molecule has 1 aliphatic heterocycles. The molecule has 0 unspecified atom stereocenters. The summed E-state index contributed by atoms with van der Waals surface area (Å²) in [7, 11) is 0. The summed E-state index contributed by atoms with van der Waals surface area (Å²) in [6.07, 6.45) is 3.64. The Balaban J connectivity index is 1.86. The Bertz CT molecular complexity index is 730. The lowest BCUT2D eigenvalue weighted by atomic mass is 10.1. The molecule has 1 amide bonds. The Morgan fingerprint density at radius 2 is 1.75 bits per heavy atom. The molecule has 2 heterocycles. The number of carbonyl (C=O) groups excluding carboxylic acids is 2. The summed E-state index contributed by atoms with van der Waals surface area (Å²) in [5, 5.41) is 0. The van der Waals surface area contributed by atoms with Crippen molar-refractivity contribution in [3.05, 3.63) is 54.0 Å². The molecule has 0 radical (unpaired) electrons. The number of carbonyl (C=O) groups is 2. The van der Waals surface area contributed by atoms with E-state index in [1.54, 1.807) is 29.2 Å². The predicted molar refractivity (Wildman–Crippen MR) is 86.9 cm³/mol. The van der Waals surface area contributed by atoms with E-state index >= 15 is 0 Å². The molecular formula is C17H18N4O3. The van der Waals surface area contributed by atoms with Crippen LogP contribution in [0.3, 0.4) is 0 Å². The van der Waals surface area contributed by atoms with Gasteiger partial charge < -0.3 is 15.4 Å². The second-order valence-corrected chi connectivity index (χ2v) is 5.52. The fourth-order valence-electron chi connectivity index (χ4n) is 2.66. The second kappa shape index (κ2) is 7.08. The molecule has 1 saturated heterocycles. The summed E-state index contributed by atoms with van der Waals surface area (Å²) < 4.78 is 5.47. The van der Waals surface area contributed by atoms with Gasteiger partial charge in [0.2, 0.25) is 6.10 Å². The normalized spacial score (nSPS) is 15.1. The van der Waals surface area contributed by atoms with Gasteiger partial charge in [0, 0.05) is 31.0 Å². The highest BCUT2D eigenvalue weighted by atomic mass is 16.5. The van der Waals surface area contributed by atoms with Gasteiger partial charge in [-0.25, -0.2) is 14.8 Å². The monoisotopic (exact) mass is 326 g/mol. The molecule has 1 aliphatic rings. The molecule has 0 bridgehead atoms. The number of ether oxygens (including phenoxy) is 1. The molecular weight excluding hydrogens is 308 g/mol. The summed E-state index contributed by atoms with van der Waals surface area (Å²) in [5.41, 5.74) is 6.19. The highest BCUT2D eigenvalue weighted by molar-refractivity contribution is 5.94. The number of esters is 1. The largest absolute Gasteiger partial charge is 0.442 e. The van der Waals surface area contributed by atoms with Gasteiger partial charge in [-0.3, -0.25) is 4.79 Å². The molecule has 0 aliphatic carbocycles. The van der Waals surface area contributed by atoms with Crippen molar-refractivity contribution in [1.82, 2.24) is 14.9 Å². The number of nitrogens with two attached hydrogens (primary N) is 1. The minimum absolute atomic E-state index is 0.0251. The first-order valence-electron chi connectivity index (χ1n) is 7.78. The van der Waals surface area contributed by atoms with E-state index in [0.717, 1.165) is 12.8 Å². The topological polar surface area (TPSA) is 98.4 Å². The van der Waals surface area contributed by atoms with E-state index in [1.165, 1.54) is 12.4 Å². The van der Waals surface area contributed by atoms with Gasteiger partial charge in [-0.2, -0.15) is 0 Å². The summed E-state index contributed by atoms with van der Waals surface area (Å²) in [4.78, 5) is 34.6. The van der Waals surface area contributed by atoms with E-state index in [0.29, 0.717) is 18.7 Å². The first-order valence-corrected chi connectivity index (χ1v) is 7.78. The summed E-state index contributed by atoms with van der Waals surface area (Å²) >= 11 is 0. The van der Waals surface area contributed by atoms with Crippen molar-refractivity contribution < 1.29 is 14.3 Å². The molecule has 7 nitrogen and oxygen atoms in total. The van der Waals surface area contributed by atoms with Crippen LogP contribution in [0, 0.1) is 0 Å². The van der Waals surface area contributed by atoms with Crippen molar-refractivity contribution in [2.45, 2.75) is 18.9 Å². The van der Waals surface area contributed by atoms with Gasteiger partial charge in [-0.1, -0.05) is 30.3 Å². The van der Waals surface area contributed by atoms with Crippen molar-refractivity contribution in [3.63, 3.8) is 0 Å². The third kappa shape index (κ3) is 3.34. The molecule has 7 heteroatoms. The average Bonchev–Trinajstić information content (AvgIpc) is 3.15. The third-order valence-corrected chi connectivity index (χ3v) is 3.89. The number of aromatic nitrogens is 2. The molecule has 1 atom stereocenters. The minimum atomic E-state index is -1.02. The number of hydrogen-bond donors (Lipinski definition) is 1. The number of likely N-dealkylation sites (tertiary alicyclic amines) is 1. The van der Waals surface area contributed by atoms with Crippen molar-refractivity contribution in [3.8, 4) is 0 Å². The first-order chi connectivity index (χ1) is 11.7. The Labute approximate surface area is 139 Å². The average molecular weight is 326 g/mol. The van der Waals surface area contributed by atoms with Crippen LogP contribution in [0.25, 0.3) is 0 Å². The van der Waals surface area contributed by atoms with Gasteiger partial charge in [0.15, 0.2) is 11.5 Å². The fourth-order valence-corrected chi connectivity index (χ4v) is 2.66. The number of amides is 1. The van der Waals surface area contributed by atoms with E-state index in [1.807, 2.05) is 6.07 Å². The van der Waals surface area contributed by atoms with Crippen LogP contribution in [0.2, 0.25) is 0 Å². The Kier molecular flexibility index (Phi) is 4.69. The standard InChI is InChI=1S/C17H18N4O3/c18-15-13(19-8-9-20-15)17(23)24-14(12-6-2-1-3-7-12)16(22)21-10-4-5-11-21/h1-3,6-9,14H,4-5,10-11H2,(H2,18,20)/t14-/m0/s1. The van der Waals surface area contributed by atoms with Gasteiger partial charge in [0.1, 0.15) is 0 Å². The van der Waals surface area contributed by atoms with Crippen LogP contribution in [0.4, 0.5) is 5.82 Å². The SMILES string of the molecule is Nc1nccnc1C(=O)O[C@H](C(=O)N1CCCC1)c1ccccc1. The van der Waals surface area contributed by atoms with Crippen molar-refractivity contribution in [1.29, 1.82) is 0 Å². The first kappa shape index (κ1) is 15.9. The maximum Gasteiger partial charge on any atom is 0.361 e. The third-order valence-electron chi connectivity index (χ3n) is 3.89. The maximum atomic E-state index is 12.8. The number of nitrogen functional groups attached to an aromatic ring is 1. The lowest BCUT2D eigenvalue weighted by Crippen LogP contribution is -2.35. The van der Waals surface area contributed by atoms with Gasteiger partial charge in [0.05, 0.1) is 0 Å². The van der Waals surface area contributed by atoms with E-state index < -0.39 is 12.1 Å². The van der Waals surface area contributed by atoms with Crippen LogP contribution in [0.15, 0.2) is 42.7 Å². The Hall–Kier alpha value is -2.96. The molecule has 1 aromatic heterocycles.